The Morgan fingerprint density at radius 2 is 2.06 bits per heavy atom. The number of carbonyl (C=O) groups excluding carboxylic acids is 1. The number of aromatic nitrogens is 2. The normalized spacial score (nSPS) is 10.3. The van der Waals surface area contributed by atoms with Crippen molar-refractivity contribution in [2.24, 2.45) is 0 Å². The zero-order valence-electron chi connectivity index (χ0n) is 9.01. The van der Waals surface area contributed by atoms with E-state index in [0.29, 0.717) is 11.3 Å². The molecule has 0 N–H and O–H groups in total. The topological polar surface area (TPSA) is 42.9 Å². The van der Waals surface area contributed by atoms with Gasteiger partial charge in [0.15, 0.2) is 5.78 Å². The average Bonchev–Trinajstić information content (AvgIpc) is 2.74. The number of Topliss-reactive ketones (excluding diaryl/α,β-unsaturated/α-hetero) is 1. The van der Waals surface area contributed by atoms with Crippen LogP contribution in [0.5, 0.6) is 0 Å². The van der Waals surface area contributed by atoms with Gasteiger partial charge in [-0.2, -0.15) is 0 Å². The van der Waals surface area contributed by atoms with Crippen molar-refractivity contribution in [1.82, 2.24) is 9.59 Å². The number of benzene rings is 1. The first-order valence-corrected chi connectivity index (χ1v) is 5.91. The number of ketones is 1. The van der Waals surface area contributed by atoms with Gasteiger partial charge in [-0.3, -0.25) is 4.79 Å². The van der Waals surface area contributed by atoms with Crippen molar-refractivity contribution in [3.8, 4) is 0 Å². The van der Waals surface area contributed by atoms with Crippen molar-refractivity contribution in [2.45, 2.75) is 19.8 Å². The third kappa shape index (κ3) is 2.52. The van der Waals surface area contributed by atoms with Crippen LogP contribution in [0.3, 0.4) is 0 Å². The molecule has 16 heavy (non-hydrogen) atoms. The quantitative estimate of drug-likeness (QED) is 0.761. The van der Waals surface area contributed by atoms with Gasteiger partial charge in [-0.15, -0.1) is 5.10 Å². The smallest absolute Gasteiger partial charge is 0.176 e. The maximum absolute atomic E-state index is 11.8. The second-order valence-corrected chi connectivity index (χ2v) is 4.35. The van der Waals surface area contributed by atoms with E-state index in [2.05, 4.69) is 9.59 Å². The molecule has 4 heteroatoms. The van der Waals surface area contributed by atoms with Gasteiger partial charge in [0, 0.05) is 6.42 Å². The molecule has 0 saturated heterocycles. The van der Waals surface area contributed by atoms with Crippen LogP contribution in [-0.4, -0.2) is 15.4 Å². The summed E-state index contributed by atoms with van der Waals surface area (Å²) < 4.78 is 3.77. The summed E-state index contributed by atoms with van der Waals surface area (Å²) in [6.45, 7) is 1.82. The zero-order valence-corrected chi connectivity index (χ0v) is 9.83. The largest absolute Gasteiger partial charge is 0.293 e. The van der Waals surface area contributed by atoms with Crippen molar-refractivity contribution < 1.29 is 4.79 Å². The van der Waals surface area contributed by atoms with Crippen LogP contribution in [0.2, 0.25) is 0 Å². The molecule has 0 aliphatic carbocycles. The van der Waals surface area contributed by atoms with Gasteiger partial charge in [0.1, 0.15) is 4.88 Å². The Kier molecular flexibility index (Phi) is 3.41. The Hall–Kier alpha value is -1.55. The summed E-state index contributed by atoms with van der Waals surface area (Å²) in [5, 5.41) is 3.84. The molecular formula is C12H12N2OS. The van der Waals surface area contributed by atoms with Crippen LogP contribution >= 0.6 is 11.5 Å². The Labute approximate surface area is 98.3 Å². The summed E-state index contributed by atoms with van der Waals surface area (Å²) in [5.74, 6) is 0.136. The Bertz CT molecular complexity index is 479. The number of aryl methyl sites for hydroxylation is 2. The highest BCUT2D eigenvalue weighted by Gasteiger charge is 2.12. The molecule has 3 nitrogen and oxygen atoms in total. The molecule has 0 amide bonds. The van der Waals surface area contributed by atoms with Crippen LogP contribution in [0.25, 0.3) is 0 Å². The number of hydrogen-bond acceptors (Lipinski definition) is 4. The minimum atomic E-state index is 0.136. The summed E-state index contributed by atoms with van der Waals surface area (Å²) >= 11 is 1.18. The molecule has 0 unspecified atom stereocenters. The highest BCUT2D eigenvalue weighted by atomic mass is 32.1. The fraction of sp³-hybridized carbons (Fsp3) is 0.250. The maximum Gasteiger partial charge on any atom is 0.176 e. The molecule has 82 valence electrons. The minimum absolute atomic E-state index is 0.136. The maximum atomic E-state index is 11.8. The lowest BCUT2D eigenvalue weighted by Crippen LogP contribution is -2.00. The van der Waals surface area contributed by atoms with Crippen molar-refractivity contribution in [1.29, 1.82) is 0 Å². The number of hydrogen-bond donors (Lipinski definition) is 0. The van der Waals surface area contributed by atoms with E-state index in [1.807, 2.05) is 37.3 Å². The Morgan fingerprint density at radius 1 is 1.31 bits per heavy atom. The minimum Gasteiger partial charge on any atom is -0.293 e. The molecule has 0 aliphatic heterocycles. The fourth-order valence-electron chi connectivity index (χ4n) is 1.50. The first-order chi connectivity index (χ1) is 7.77. The molecule has 1 heterocycles. The predicted octanol–water partition coefficient (Wildman–Crippen LogP) is 2.66. The highest BCUT2D eigenvalue weighted by Crippen LogP contribution is 2.13. The number of nitrogens with zero attached hydrogens (tertiary/aromatic N) is 2. The molecule has 1 aromatic heterocycles. The monoisotopic (exact) mass is 232 g/mol. The van der Waals surface area contributed by atoms with Gasteiger partial charge >= 0.3 is 0 Å². The van der Waals surface area contributed by atoms with E-state index in [9.17, 15) is 4.79 Å². The molecule has 0 spiro atoms. The van der Waals surface area contributed by atoms with Crippen LogP contribution in [0.15, 0.2) is 30.3 Å². The van der Waals surface area contributed by atoms with Crippen molar-refractivity contribution in [2.75, 3.05) is 0 Å². The van der Waals surface area contributed by atoms with Gasteiger partial charge < -0.3 is 0 Å². The second kappa shape index (κ2) is 4.99. The first-order valence-electron chi connectivity index (χ1n) is 5.13. The van der Waals surface area contributed by atoms with E-state index >= 15 is 0 Å². The molecule has 1 aromatic carbocycles. The van der Waals surface area contributed by atoms with E-state index in [0.717, 1.165) is 12.1 Å². The molecule has 0 atom stereocenters. The summed E-state index contributed by atoms with van der Waals surface area (Å²) in [6, 6.07) is 10.0. The molecule has 2 rings (SSSR count). The molecule has 0 fully saturated rings. The molecular weight excluding hydrogens is 220 g/mol. The van der Waals surface area contributed by atoms with Crippen molar-refractivity contribution in [3.63, 3.8) is 0 Å². The first kappa shape index (κ1) is 11.0. The van der Waals surface area contributed by atoms with E-state index < -0.39 is 0 Å². The van der Waals surface area contributed by atoms with E-state index in [-0.39, 0.29) is 5.78 Å². The summed E-state index contributed by atoms with van der Waals surface area (Å²) in [4.78, 5) is 12.5. The lowest BCUT2D eigenvalue weighted by atomic mass is 10.1. The average molecular weight is 232 g/mol. The van der Waals surface area contributed by atoms with Crippen LogP contribution < -0.4 is 0 Å². The lowest BCUT2D eigenvalue weighted by molar-refractivity contribution is 0.0986. The fourth-order valence-corrected chi connectivity index (χ4v) is 2.12. The third-order valence-corrected chi connectivity index (χ3v) is 3.26. The van der Waals surface area contributed by atoms with E-state index in [1.54, 1.807) is 0 Å². The lowest BCUT2D eigenvalue weighted by Gasteiger charge is -1.99. The Balaban J connectivity index is 1.97. The molecule has 0 saturated carbocycles. The summed E-state index contributed by atoms with van der Waals surface area (Å²) in [6.07, 6.45) is 1.30. The van der Waals surface area contributed by atoms with E-state index in [1.165, 1.54) is 17.1 Å². The Morgan fingerprint density at radius 3 is 2.69 bits per heavy atom. The number of carbonyl (C=O) groups is 1. The molecule has 0 aliphatic rings. The van der Waals surface area contributed by atoms with Gasteiger partial charge in [-0.1, -0.05) is 34.8 Å². The van der Waals surface area contributed by atoms with Crippen molar-refractivity contribution >= 4 is 17.3 Å². The molecule has 0 radical (unpaired) electrons. The van der Waals surface area contributed by atoms with Crippen LogP contribution in [-0.2, 0) is 6.42 Å². The van der Waals surface area contributed by atoms with Crippen molar-refractivity contribution in [3.05, 3.63) is 46.5 Å². The molecule has 2 aromatic rings. The highest BCUT2D eigenvalue weighted by molar-refractivity contribution is 7.08. The van der Waals surface area contributed by atoms with Gasteiger partial charge in [-0.05, 0) is 30.4 Å². The summed E-state index contributed by atoms with van der Waals surface area (Å²) in [5.41, 5.74) is 1.93. The van der Waals surface area contributed by atoms with Crippen LogP contribution in [0.1, 0.15) is 27.3 Å². The van der Waals surface area contributed by atoms with Gasteiger partial charge in [0.2, 0.25) is 0 Å². The van der Waals surface area contributed by atoms with Crippen LogP contribution in [0, 0.1) is 6.92 Å². The van der Waals surface area contributed by atoms with Gasteiger partial charge in [0.05, 0.1) is 5.69 Å². The molecule has 0 bridgehead atoms. The standard InChI is InChI=1S/C12H12N2OS/c1-9-12(16-14-13-9)11(15)8-7-10-5-3-2-4-6-10/h2-6H,7-8H2,1H3. The summed E-state index contributed by atoms with van der Waals surface area (Å²) in [7, 11) is 0. The zero-order chi connectivity index (χ0) is 11.4. The van der Waals surface area contributed by atoms with E-state index in [4.69, 9.17) is 0 Å². The van der Waals surface area contributed by atoms with Crippen LogP contribution in [0.4, 0.5) is 0 Å². The predicted molar refractivity (Wildman–Crippen MR) is 63.7 cm³/mol. The number of rotatable bonds is 4. The van der Waals surface area contributed by atoms with Gasteiger partial charge in [0.25, 0.3) is 0 Å². The van der Waals surface area contributed by atoms with Gasteiger partial charge in [-0.25, -0.2) is 0 Å². The second-order valence-electron chi connectivity index (χ2n) is 3.60. The third-order valence-electron chi connectivity index (χ3n) is 2.39. The SMILES string of the molecule is Cc1nnsc1C(=O)CCc1ccccc1.